The van der Waals surface area contributed by atoms with Crippen molar-refractivity contribution in [3.8, 4) is 0 Å². The number of hydrogen-bond donors (Lipinski definition) is 2. The SMILES string of the molecule is Cc1cccc2sc(NC(O)c3ccc(S(=O)(=O)N4CCCc5ccccc54)cc3)nc12. The van der Waals surface area contributed by atoms with Crippen molar-refractivity contribution in [2.45, 2.75) is 30.9 Å². The number of nitrogens with one attached hydrogen (secondary N) is 1. The van der Waals surface area contributed by atoms with Crippen molar-refractivity contribution in [2.24, 2.45) is 0 Å². The number of thiazole rings is 1. The summed E-state index contributed by atoms with van der Waals surface area (Å²) in [5.74, 6) is 0. The molecule has 0 amide bonds. The maximum Gasteiger partial charge on any atom is 0.264 e. The molecule has 1 atom stereocenters. The van der Waals surface area contributed by atoms with Crippen molar-refractivity contribution in [1.82, 2.24) is 4.98 Å². The van der Waals surface area contributed by atoms with Crippen LogP contribution in [0.1, 0.15) is 29.3 Å². The Morgan fingerprint density at radius 1 is 1.06 bits per heavy atom. The Bertz CT molecular complexity index is 1380. The van der Waals surface area contributed by atoms with Gasteiger partial charge in [0.05, 0.1) is 20.8 Å². The Balaban J connectivity index is 1.37. The van der Waals surface area contributed by atoms with Gasteiger partial charge in [0, 0.05) is 12.1 Å². The third kappa shape index (κ3) is 3.74. The highest BCUT2D eigenvalue weighted by Gasteiger charge is 2.29. The summed E-state index contributed by atoms with van der Waals surface area (Å²) in [5.41, 5.74) is 4.35. The van der Waals surface area contributed by atoms with Gasteiger partial charge in [0.25, 0.3) is 10.0 Å². The van der Waals surface area contributed by atoms with Crippen LogP contribution in [-0.2, 0) is 16.4 Å². The molecule has 2 N–H and O–H groups in total. The number of benzene rings is 3. The quantitative estimate of drug-likeness (QED) is 0.412. The lowest BCUT2D eigenvalue weighted by Crippen LogP contribution is -2.35. The molecule has 8 heteroatoms. The molecule has 32 heavy (non-hydrogen) atoms. The number of para-hydroxylation sites is 2. The van der Waals surface area contributed by atoms with E-state index >= 15 is 0 Å². The van der Waals surface area contributed by atoms with Gasteiger partial charge in [-0.05, 0) is 55.2 Å². The Kier molecular flexibility index (Phi) is 5.36. The Labute approximate surface area is 191 Å². The predicted octanol–water partition coefficient (Wildman–Crippen LogP) is 4.85. The number of anilines is 2. The van der Waals surface area contributed by atoms with Crippen LogP contribution < -0.4 is 9.62 Å². The van der Waals surface area contributed by atoms with Gasteiger partial charge in [-0.25, -0.2) is 13.4 Å². The summed E-state index contributed by atoms with van der Waals surface area (Å²) in [6, 6.07) is 20.0. The number of aliphatic hydroxyl groups excluding tert-OH is 1. The first kappa shape index (κ1) is 20.9. The van der Waals surface area contributed by atoms with Crippen LogP contribution in [0.25, 0.3) is 10.2 Å². The smallest absolute Gasteiger partial charge is 0.264 e. The minimum atomic E-state index is -3.68. The van der Waals surface area contributed by atoms with E-state index in [1.807, 2.05) is 49.4 Å². The van der Waals surface area contributed by atoms with Gasteiger partial charge in [0.2, 0.25) is 0 Å². The third-order valence-corrected chi connectivity index (χ3v) is 8.51. The Morgan fingerprint density at radius 2 is 1.84 bits per heavy atom. The second-order valence-electron chi connectivity index (χ2n) is 7.87. The van der Waals surface area contributed by atoms with Gasteiger partial charge in [0.15, 0.2) is 11.4 Å². The molecule has 0 spiro atoms. The number of hydrogen-bond acceptors (Lipinski definition) is 6. The average molecular weight is 466 g/mol. The fourth-order valence-electron chi connectivity index (χ4n) is 4.05. The second kappa shape index (κ2) is 8.20. The monoisotopic (exact) mass is 465 g/mol. The molecule has 4 aromatic rings. The standard InChI is InChI=1S/C24H23N3O3S2/c1-16-6-4-10-21-22(16)25-24(31-21)26-23(28)18-11-13-19(14-12-18)32(29,30)27-15-5-8-17-7-2-3-9-20(17)27/h2-4,6-7,9-14,23,28H,5,8,15H2,1H3,(H,25,26). The molecule has 1 aliphatic heterocycles. The summed E-state index contributed by atoms with van der Waals surface area (Å²) in [6.45, 7) is 2.46. The molecular formula is C24H23N3O3S2. The van der Waals surface area contributed by atoms with E-state index in [1.54, 1.807) is 24.3 Å². The molecule has 6 nitrogen and oxygen atoms in total. The fraction of sp³-hybridized carbons (Fsp3) is 0.208. The zero-order valence-corrected chi connectivity index (χ0v) is 19.2. The zero-order chi connectivity index (χ0) is 22.3. The van der Waals surface area contributed by atoms with Crippen LogP contribution in [-0.4, -0.2) is 25.1 Å². The molecule has 0 saturated carbocycles. The number of aliphatic hydroxyl groups is 1. The van der Waals surface area contributed by atoms with Crippen molar-refractivity contribution in [2.75, 3.05) is 16.2 Å². The first-order valence-electron chi connectivity index (χ1n) is 10.4. The van der Waals surface area contributed by atoms with Crippen LogP contribution in [0.4, 0.5) is 10.8 Å². The molecule has 1 aromatic heterocycles. The van der Waals surface area contributed by atoms with E-state index in [0.29, 0.717) is 17.2 Å². The first-order chi connectivity index (χ1) is 15.4. The van der Waals surface area contributed by atoms with E-state index in [9.17, 15) is 13.5 Å². The molecule has 1 unspecified atom stereocenters. The number of rotatable bonds is 5. The minimum Gasteiger partial charge on any atom is -0.369 e. The summed E-state index contributed by atoms with van der Waals surface area (Å²) < 4.78 is 29.1. The van der Waals surface area contributed by atoms with E-state index in [-0.39, 0.29) is 4.90 Å². The fourth-order valence-corrected chi connectivity index (χ4v) is 6.55. The third-order valence-electron chi connectivity index (χ3n) is 5.73. The largest absolute Gasteiger partial charge is 0.369 e. The summed E-state index contributed by atoms with van der Waals surface area (Å²) in [5, 5.41) is 14.3. The van der Waals surface area contributed by atoms with E-state index in [1.165, 1.54) is 15.6 Å². The van der Waals surface area contributed by atoms with Crippen LogP contribution in [0.2, 0.25) is 0 Å². The van der Waals surface area contributed by atoms with Crippen molar-refractivity contribution in [3.63, 3.8) is 0 Å². The molecule has 0 fully saturated rings. The van der Waals surface area contributed by atoms with Gasteiger partial charge in [-0.3, -0.25) is 4.31 Å². The number of nitrogens with zero attached hydrogens (tertiary/aromatic N) is 2. The minimum absolute atomic E-state index is 0.209. The average Bonchev–Trinajstić information content (AvgIpc) is 3.22. The molecule has 1 aliphatic rings. The lowest BCUT2D eigenvalue weighted by atomic mass is 10.0. The topological polar surface area (TPSA) is 82.5 Å². The van der Waals surface area contributed by atoms with Gasteiger partial charge >= 0.3 is 0 Å². The second-order valence-corrected chi connectivity index (χ2v) is 10.8. The van der Waals surface area contributed by atoms with Crippen molar-refractivity contribution in [1.29, 1.82) is 0 Å². The summed E-state index contributed by atoms with van der Waals surface area (Å²) in [6.07, 6.45) is 0.673. The van der Waals surface area contributed by atoms with E-state index in [0.717, 1.165) is 39.9 Å². The van der Waals surface area contributed by atoms with Crippen molar-refractivity contribution >= 4 is 42.4 Å². The van der Waals surface area contributed by atoms with E-state index < -0.39 is 16.3 Å². The maximum absolute atomic E-state index is 13.3. The highest BCUT2D eigenvalue weighted by Crippen LogP contribution is 2.33. The van der Waals surface area contributed by atoms with Crippen LogP contribution >= 0.6 is 11.3 Å². The zero-order valence-electron chi connectivity index (χ0n) is 17.5. The molecule has 0 bridgehead atoms. The summed E-state index contributed by atoms with van der Waals surface area (Å²) in [7, 11) is -3.68. The van der Waals surface area contributed by atoms with Gasteiger partial charge in [0.1, 0.15) is 0 Å². The highest BCUT2D eigenvalue weighted by atomic mass is 32.2. The molecule has 0 radical (unpaired) electrons. The number of sulfonamides is 1. The normalized spacial score (nSPS) is 14.9. The molecular weight excluding hydrogens is 442 g/mol. The first-order valence-corrected chi connectivity index (χ1v) is 12.7. The Hall–Kier alpha value is -2.94. The molecule has 5 rings (SSSR count). The molecule has 2 heterocycles. The summed E-state index contributed by atoms with van der Waals surface area (Å²) >= 11 is 1.47. The maximum atomic E-state index is 13.3. The van der Waals surface area contributed by atoms with Crippen LogP contribution in [0.5, 0.6) is 0 Å². The number of aryl methyl sites for hydroxylation is 2. The van der Waals surface area contributed by atoms with Crippen molar-refractivity contribution in [3.05, 3.63) is 83.4 Å². The van der Waals surface area contributed by atoms with Crippen molar-refractivity contribution < 1.29 is 13.5 Å². The number of aromatic nitrogens is 1. The van der Waals surface area contributed by atoms with Gasteiger partial charge in [-0.2, -0.15) is 0 Å². The predicted molar refractivity (Wildman–Crippen MR) is 129 cm³/mol. The van der Waals surface area contributed by atoms with Crippen LogP contribution in [0.15, 0.2) is 71.6 Å². The van der Waals surface area contributed by atoms with Crippen LogP contribution in [0.3, 0.4) is 0 Å². The molecule has 164 valence electrons. The molecule has 0 saturated heterocycles. The van der Waals surface area contributed by atoms with Gasteiger partial charge in [-0.1, -0.05) is 53.8 Å². The number of fused-ring (bicyclic) bond motifs is 2. The van der Waals surface area contributed by atoms with E-state index in [2.05, 4.69) is 10.3 Å². The summed E-state index contributed by atoms with van der Waals surface area (Å²) in [4.78, 5) is 4.77. The van der Waals surface area contributed by atoms with Gasteiger partial charge in [-0.15, -0.1) is 0 Å². The molecule has 0 aliphatic carbocycles. The van der Waals surface area contributed by atoms with Crippen LogP contribution in [0, 0.1) is 6.92 Å². The van der Waals surface area contributed by atoms with Gasteiger partial charge < -0.3 is 10.4 Å². The lowest BCUT2D eigenvalue weighted by Gasteiger charge is -2.30. The lowest BCUT2D eigenvalue weighted by molar-refractivity contribution is 0.208. The highest BCUT2D eigenvalue weighted by molar-refractivity contribution is 7.92. The Morgan fingerprint density at radius 3 is 2.62 bits per heavy atom. The van der Waals surface area contributed by atoms with E-state index in [4.69, 9.17) is 0 Å². The molecule has 3 aromatic carbocycles.